The Kier molecular flexibility index (Phi) is 7.22. The van der Waals surface area contributed by atoms with Crippen molar-refractivity contribution in [1.29, 1.82) is 0 Å². The fourth-order valence-electron chi connectivity index (χ4n) is 1.68. The smallest absolute Gasteiger partial charge is 0.159 e. The fourth-order valence-corrected chi connectivity index (χ4v) is 1.68. The number of carbonyl (C=O) groups is 1. The Labute approximate surface area is 119 Å². The molecule has 0 bridgehead atoms. The number of ether oxygens (including phenoxy) is 1. The number of aliphatic hydroxyl groups is 2. The summed E-state index contributed by atoms with van der Waals surface area (Å²) in [6.07, 6.45) is 0.152. The molecule has 0 radical (unpaired) electrons. The monoisotopic (exact) mass is 281 g/mol. The van der Waals surface area contributed by atoms with Crippen molar-refractivity contribution < 1.29 is 19.7 Å². The Morgan fingerprint density at radius 1 is 1.35 bits per heavy atom. The highest BCUT2D eigenvalue weighted by Crippen LogP contribution is 2.12. The number of carbonyl (C=O) groups excluding carboxylic acids is 1. The summed E-state index contributed by atoms with van der Waals surface area (Å²) in [6, 6.07) is 6.81. The van der Waals surface area contributed by atoms with Crippen LogP contribution in [-0.4, -0.2) is 47.9 Å². The SMILES string of the molecule is CC[C@@H](CO)NC[C@@H](O)COc1ccc(C(C)=O)cc1. The first kappa shape index (κ1) is 16.6. The lowest BCUT2D eigenvalue weighted by atomic mass is 10.1. The van der Waals surface area contributed by atoms with Gasteiger partial charge in [0.25, 0.3) is 0 Å². The molecular weight excluding hydrogens is 258 g/mol. The van der Waals surface area contributed by atoms with Crippen LogP contribution in [0.3, 0.4) is 0 Å². The Bertz CT molecular complexity index is 401. The molecule has 112 valence electrons. The molecule has 3 N–H and O–H groups in total. The number of rotatable bonds is 9. The molecule has 0 spiro atoms. The molecule has 0 unspecified atom stereocenters. The molecule has 0 aliphatic rings. The molecule has 0 aliphatic carbocycles. The average molecular weight is 281 g/mol. The van der Waals surface area contributed by atoms with Gasteiger partial charge < -0.3 is 20.3 Å². The van der Waals surface area contributed by atoms with Gasteiger partial charge in [0.2, 0.25) is 0 Å². The van der Waals surface area contributed by atoms with E-state index in [1.165, 1.54) is 6.92 Å². The van der Waals surface area contributed by atoms with Crippen molar-refractivity contribution in [2.45, 2.75) is 32.4 Å². The molecule has 1 aromatic carbocycles. The van der Waals surface area contributed by atoms with E-state index in [1.54, 1.807) is 24.3 Å². The highest BCUT2D eigenvalue weighted by atomic mass is 16.5. The van der Waals surface area contributed by atoms with Gasteiger partial charge in [-0.05, 0) is 37.6 Å². The van der Waals surface area contributed by atoms with E-state index in [9.17, 15) is 9.90 Å². The maximum absolute atomic E-state index is 11.1. The summed E-state index contributed by atoms with van der Waals surface area (Å²) in [7, 11) is 0. The maximum atomic E-state index is 11.1. The van der Waals surface area contributed by atoms with Gasteiger partial charge in [0, 0.05) is 18.2 Å². The number of ketones is 1. The van der Waals surface area contributed by atoms with Crippen LogP contribution in [0, 0.1) is 0 Å². The molecule has 5 heteroatoms. The van der Waals surface area contributed by atoms with Crippen molar-refractivity contribution in [3.63, 3.8) is 0 Å². The summed E-state index contributed by atoms with van der Waals surface area (Å²) in [5.41, 5.74) is 0.633. The normalized spacial score (nSPS) is 13.8. The third-order valence-corrected chi connectivity index (χ3v) is 3.06. The lowest BCUT2D eigenvalue weighted by molar-refractivity contribution is 0.0990. The van der Waals surface area contributed by atoms with E-state index in [4.69, 9.17) is 9.84 Å². The van der Waals surface area contributed by atoms with Crippen molar-refractivity contribution in [3.8, 4) is 5.75 Å². The molecule has 5 nitrogen and oxygen atoms in total. The average Bonchev–Trinajstić information content (AvgIpc) is 2.46. The minimum absolute atomic E-state index is 0.000463. The van der Waals surface area contributed by atoms with E-state index in [0.717, 1.165) is 6.42 Å². The van der Waals surface area contributed by atoms with Crippen molar-refractivity contribution in [2.24, 2.45) is 0 Å². The first-order chi connectivity index (χ1) is 9.56. The summed E-state index contributed by atoms with van der Waals surface area (Å²) >= 11 is 0. The van der Waals surface area contributed by atoms with Crippen LogP contribution < -0.4 is 10.1 Å². The van der Waals surface area contributed by atoms with E-state index >= 15 is 0 Å². The van der Waals surface area contributed by atoms with Crippen molar-refractivity contribution >= 4 is 5.78 Å². The van der Waals surface area contributed by atoms with E-state index in [1.807, 2.05) is 6.92 Å². The zero-order chi connectivity index (χ0) is 15.0. The molecule has 20 heavy (non-hydrogen) atoms. The zero-order valence-electron chi connectivity index (χ0n) is 12.0. The van der Waals surface area contributed by atoms with Crippen molar-refractivity contribution in [2.75, 3.05) is 19.8 Å². The van der Waals surface area contributed by atoms with Gasteiger partial charge in [0.15, 0.2) is 5.78 Å². The molecule has 0 fully saturated rings. The van der Waals surface area contributed by atoms with Crippen LogP contribution in [0.4, 0.5) is 0 Å². The fraction of sp³-hybridized carbons (Fsp3) is 0.533. The summed E-state index contributed by atoms with van der Waals surface area (Å²) < 4.78 is 5.44. The molecular formula is C15H23NO4. The van der Waals surface area contributed by atoms with Gasteiger partial charge in [-0.2, -0.15) is 0 Å². The molecule has 0 aromatic heterocycles. The lowest BCUT2D eigenvalue weighted by Crippen LogP contribution is -2.39. The topological polar surface area (TPSA) is 78.8 Å². The van der Waals surface area contributed by atoms with Crippen molar-refractivity contribution in [1.82, 2.24) is 5.32 Å². The summed E-state index contributed by atoms with van der Waals surface area (Å²) in [6.45, 7) is 4.05. The molecule has 1 aromatic rings. The van der Waals surface area contributed by atoms with Gasteiger partial charge in [-0.3, -0.25) is 4.79 Å². The van der Waals surface area contributed by atoms with Gasteiger partial charge in [0.1, 0.15) is 18.5 Å². The van der Waals surface area contributed by atoms with Crippen LogP contribution in [0.15, 0.2) is 24.3 Å². The van der Waals surface area contributed by atoms with Crippen LogP contribution >= 0.6 is 0 Å². The highest BCUT2D eigenvalue weighted by molar-refractivity contribution is 5.94. The number of nitrogens with one attached hydrogen (secondary N) is 1. The molecule has 0 heterocycles. The quantitative estimate of drug-likeness (QED) is 0.588. The van der Waals surface area contributed by atoms with Crippen molar-refractivity contribution in [3.05, 3.63) is 29.8 Å². The third-order valence-electron chi connectivity index (χ3n) is 3.06. The third kappa shape index (κ3) is 5.69. The Balaban J connectivity index is 2.33. The molecule has 1 rings (SSSR count). The number of benzene rings is 1. The molecule has 0 aliphatic heterocycles. The molecule has 0 saturated heterocycles. The molecule has 2 atom stereocenters. The summed E-state index contributed by atoms with van der Waals surface area (Å²) in [4.78, 5) is 11.1. The Hall–Kier alpha value is -1.43. The second-order valence-corrected chi connectivity index (χ2v) is 4.74. The van der Waals surface area contributed by atoms with Crippen LogP contribution in [0.25, 0.3) is 0 Å². The van der Waals surface area contributed by atoms with Gasteiger partial charge in [0.05, 0.1) is 6.61 Å². The van der Waals surface area contributed by atoms with E-state index in [2.05, 4.69) is 5.32 Å². The highest BCUT2D eigenvalue weighted by Gasteiger charge is 2.09. The largest absolute Gasteiger partial charge is 0.491 e. The van der Waals surface area contributed by atoms with E-state index in [0.29, 0.717) is 17.9 Å². The number of hydrogen-bond donors (Lipinski definition) is 3. The van der Waals surface area contributed by atoms with Crippen LogP contribution in [-0.2, 0) is 0 Å². The summed E-state index contributed by atoms with van der Waals surface area (Å²) in [5, 5.41) is 21.8. The predicted octanol–water partition coefficient (Wildman–Crippen LogP) is 0.989. The maximum Gasteiger partial charge on any atom is 0.159 e. The second-order valence-electron chi connectivity index (χ2n) is 4.74. The van der Waals surface area contributed by atoms with Gasteiger partial charge in [-0.15, -0.1) is 0 Å². The summed E-state index contributed by atoms with van der Waals surface area (Å²) in [5.74, 6) is 0.624. The lowest BCUT2D eigenvalue weighted by Gasteiger charge is -2.17. The first-order valence-corrected chi connectivity index (χ1v) is 6.83. The van der Waals surface area contributed by atoms with E-state index < -0.39 is 6.10 Å². The number of Topliss-reactive ketones (excluding diaryl/α,β-unsaturated/α-hetero) is 1. The van der Waals surface area contributed by atoms with Gasteiger partial charge in [-0.1, -0.05) is 6.92 Å². The first-order valence-electron chi connectivity index (χ1n) is 6.83. The minimum atomic E-state index is -0.650. The standard InChI is InChI=1S/C15H23NO4/c1-3-13(9-17)16-8-14(19)10-20-15-6-4-12(5-7-15)11(2)18/h4-7,13-14,16-17,19H,3,8-10H2,1-2H3/t13-,14+/m0/s1. The number of aliphatic hydroxyl groups excluding tert-OH is 2. The molecule has 0 saturated carbocycles. The van der Waals surface area contributed by atoms with Gasteiger partial charge in [-0.25, -0.2) is 0 Å². The van der Waals surface area contributed by atoms with Crippen LogP contribution in [0.2, 0.25) is 0 Å². The van der Waals surface area contributed by atoms with Crippen LogP contribution in [0.1, 0.15) is 30.6 Å². The second kappa shape index (κ2) is 8.68. The minimum Gasteiger partial charge on any atom is -0.491 e. The Morgan fingerprint density at radius 3 is 2.50 bits per heavy atom. The van der Waals surface area contributed by atoms with Gasteiger partial charge >= 0.3 is 0 Å². The zero-order valence-corrected chi connectivity index (χ0v) is 12.0. The molecule has 0 amide bonds. The predicted molar refractivity (Wildman–Crippen MR) is 77.1 cm³/mol. The number of hydrogen-bond acceptors (Lipinski definition) is 5. The van der Waals surface area contributed by atoms with Crippen LogP contribution in [0.5, 0.6) is 5.75 Å². The Morgan fingerprint density at radius 2 is 2.00 bits per heavy atom. The van der Waals surface area contributed by atoms with E-state index in [-0.39, 0.29) is 25.0 Å².